The van der Waals surface area contributed by atoms with Gasteiger partial charge in [-0.3, -0.25) is 9.71 Å². The molecule has 0 amide bonds. The van der Waals surface area contributed by atoms with Crippen molar-refractivity contribution in [2.75, 3.05) is 4.72 Å². The van der Waals surface area contributed by atoms with Gasteiger partial charge in [0, 0.05) is 12.4 Å². The molecule has 3 rings (SSSR count). The van der Waals surface area contributed by atoms with Gasteiger partial charge in [0.1, 0.15) is 5.69 Å². The van der Waals surface area contributed by atoms with E-state index in [-0.39, 0.29) is 10.7 Å². The molecule has 2 aromatic rings. The predicted octanol–water partition coefficient (Wildman–Crippen LogP) is 1.73. The highest BCUT2D eigenvalue weighted by Gasteiger charge is 2.26. The van der Waals surface area contributed by atoms with Gasteiger partial charge in [-0.25, -0.2) is 13.4 Å². The van der Waals surface area contributed by atoms with Gasteiger partial charge in [-0.2, -0.15) is 0 Å². The zero-order valence-electron chi connectivity index (χ0n) is 9.24. The quantitative estimate of drug-likeness (QED) is 0.846. The largest absolute Gasteiger partial charge is 0.263 e. The minimum Gasteiger partial charge on any atom is -0.262 e. The second-order valence-electron chi connectivity index (χ2n) is 3.77. The molecular weight excluding hydrogens is 250 g/mol. The zero-order chi connectivity index (χ0) is 12.6. The molecule has 2 heterocycles. The van der Waals surface area contributed by atoms with Crippen molar-refractivity contribution < 1.29 is 8.42 Å². The standard InChI is InChI=1S/C12H9N3O2S/c16-18(17)11(9-4-2-1-3-5-9)8-10-12(15-18)14-7-6-13-10/h1-8H,(H,14,15). The maximum atomic E-state index is 12.1. The Labute approximate surface area is 104 Å². The molecule has 6 heteroatoms. The summed E-state index contributed by atoms with van der Waals surface area (Å²) in [6, 6.07) is 8.90. The van der Waals surface area contributed by atoms with Crippen LogP contribution in [-0.4, -0.2) is 18.4 Å². The van der Waals surface area contributed by atoms with Crippen molar-refractivity contribution in [2.45, 2.75) is 0 Å². The molecular formula is C12H9N3O2S. The van der Waals surface area contributed by atoms with Gasteiger partial charge < -0.3 is 0 Å². The third-order valence-electron chi connectivity index (χ3n) is 2.57. The first-order valence-corrected chi connectivity index (χ1v) is 6.76. The number of rotatable bonds is 1. The maximum absolute atomic E-state index is 12.1. The van der Waals surface area contributed by atoms with Crippen molar-refractivity contribution in [2.24, 2.45) is 0 Å². The fourth-order valence-electron chi connectivity index (χ4n) is 1.76. The Kier molecular flexibility index (Phi) is 2.38. The lowest BCUT2D eigenvalue weighted by Gasteiger charge is -2.17. The summed E-state index contributed by atoms with van der Waals surface area (Å²) in [5.74, 6) is 0.261. The van der Waals surface area contributed by atoms with Gasteiger partial charge in [0.2, 0.25) is 0 Å². The topological polar surface area (TPSA) is 72.0 Å². The highest BCUT2D eigenvalue weighted by Crippen LogP contribution is 2.30. The number of nitrogens with zero attached hydrogens (tertiary/aromatic N) is 2. The molecule has 18 heavy (non-hydrogen) atoms. The van der Waals surface area contributed by atoms with E-state index in [1.165, 1.54) is 18.5 Å². The number of hydrogen-bond acceptors (Lipinski definition) is 4. The van der Waals surface area contributed by atoms with Gasteiger partial charge >= 0.3 is 0 Å². The van der Waals surface area contributed by atoms with E-state index in [4.69, 9.17) is 0 Å². The van der Waals surface area contributed by atoms with Crippen LogP contribution in [0.25, 0.3) is 11.0 Å². The van der Waals surface area contributed by atoms with E-state index in [0.717, 1.165) is 0 Å². The van der Waals surface area contributed by atoms with Gasteiger partial charge in [-0.15, -0.1) is 0 Å². The second kappa shape index (κ2) is 3.92. The van der Waals surface area contributed by atoms with E-state index in [0.29, 0.717) is 11.3 Å². The van der Waals surface area contributed by atoms with Crippen LogP contribution in [0.15, 0.2) is 42.7 Å². The molecule has 0 unspecified atom stereocenters. The summed E-state index contributed by atoms with van der Waals surface area (Å²) in [6.45, 7) is 0. The molecule has 0 saturated carbocycles. The first-order chi connectivity index (χ1) is 8.67. The number of fused-ring (bicyclic) bond motifs is 1. The molecule has 1 N–H and O–H groups in total. The molecule has 5 nitrogen and oxygen atoms in total. The lowest BCUT2D eigenvalue weighted by molar-refractivity contribution is 0.610. The Morgan fingerprint density at radius 1 is 1.00 bits per heavy atom. The van der Waals surface area contributed by atoms with E-state index in [1.54, 1.807) is 24.3 Å². The molecule has 0 bridgehead atoms. The van der Waals surface area contributed by atoms with E-state index < -0.39 is 10.0 Å². The van der Waals surface area contributed by atoms with Crippen LogP contribution in [0.3, 0.4) is 0 Å². The normalized spacial score (nSPS) is 16.3. The number of benzene rings is 1. The van der Waals surface area contributed by atoms with E-state index >= 15 is 0 Å². The Bertz CT molecular complexity index is 724. The summed E-state index contributed by atoms with van der Waals surface area (Å²) in [4.78, 5) is 8.25. The molecule has 0 spiro atoms. The van der Waals surface area contributed by atoms with Crippen molar-refractivity contribution >= 4 is 26.8 Å². The Balaban J connectivity index is 2.23. The zero-order valence-corrected chi connectivity index (χ0v) is 10.1. The number of aromatic nitrogens is 2. The molecule has 0 fully saturated rings. The Morgan fingerprint density at radius 2 is 1.72 bits per heavy atom. The third kappa shape index (κ3) is 1.76. The second-order valence-corrected chi connectivity index (χ2v) is 5.42. The molecule has 1 aromatic carbocycles. The lowest BCUT2D eigenvalue weighted by atomic mass is 10.2. The Hall–Kier alpha value is -2.21. The van der Waals surface area contributed by atoms with Gasteiger partial charge in [-0.1, -0.05) is 30.3 Å². The van der Waals surface area contributed by atoms with Crippen LogP contribution in [0.1, 0.15) is 11.3 Å². The van der Waals surface area contributed by atoms with Gasteiger partial charge in [0.25, 0.3) is 10.0 Å². The monoisotopic (exact) mass is 259 g/mol. The van der Waals surface area contributed by atoms with Crippen LogP contribution in [0.2, 0.25) is 0 Å². The van der Waals surface area contributed by atoms with Gasteiger partial charge in [0.05, 0.1) is 4.91 Å². The average Bonchev–Trinajstić information content (AvgIpc) is 2.38. The van der Waals surface area contributed by atoms with Gasteiger partial charge in [0.15, 0.2) is 5.82 Å². The number of anilines is 1. The lowest BCUT2D eigenvalue weighted by Crippen LogP contribution is -2.19. The molecule has 0 saturated heterocycles. The molecule has 0 aliphatic carbocycles. The van der Waals surface area contributed by atoms with Crippen molar-refractivity contribution in [3.05, 3.63) is 54.0 Å². The van der Waals surface area contributed by atoms with Crippen molar-refractivity contribution in [3.63, 3.8) is 0 Å². The minimum absolute atomic E-state index is 0.205. The molecule has 0 radical (unpaired) electrons. The Morgan fingerprint density at radius 3 is 2.50 bits per heavy atom. The fourth-order valence-corrected chi connectivity index (χ4v) is 2.99. The maximum Gasteiger partial charge on any atom is 0.263 e. The SMILES string of the molecule is O=S1(=O)Nc2nccnc2C=C1c1ccccc1. The average molecular weight is 259 g/mol. The van der Waals surface area contributed by atoms with Crippen LogP contribution in [-0.2, 0) is 10.0 Å². The molecule has 1 aliphatic rings. The van der Waals surface area contributed by atoms with Crippen LogP contribution in [0.5, 0.6) is 0 Å². The summed E-state index contributed by atoms with van der Waals surface area (Å²) >= 11 is 0. The van der Waals surface area contributed by atoms with E-state index in [9.17, 15) is 8.42 Å². The molecule has 90 valence electrons. The summed E-state index contributed by atoms with van der Waals surface area (Å²) in [6.07, 6.45) is 4.50. The van der Waals surface area contributed by atoms with Crippen molar-refractivity contribution in [1.29, 1.82) is 0 Å². The molecule has 1 aliphatic heterocycles. The number of sulfonamides is 1. The first-order valence-electron chi connectivity index (χ1n) is 5.28. The van der Waals surface area contributed by atoms with Crippen LogP contribution in [0, 0.1) is 0 Å². The summed E-state index contributed by atoms with van der Waals surface area (Å²) in [5, 5.41) is 0. The predicted molar refractivity (Wildman–Crippen MR) is 68.9 cm³/mol. The number of nitrogens with one attached hydrogen (secondary N) is 1. The highest BCUT2D eigenvalue weighted by molar-refractivity contribution is 8.02. The first kappa shape index (κ1) is 10.9. The van der Waals surface area contributed by atoms with Crippen LogP contribution in [0.4, 0.5) is 5.82 Å². The van der Waals surface area contributed by atoms with E-state index in [1.807, 2.05) is 6.07 Å². The van der Waals surface area contributed by atoms with E-state index in [2.05, 4.69) is 14.7 Å². The summed E-state index contributed by atoms with van der Waals surface area (Å²) in [5.41, 5.74) is 1.15. The summed E-state index contributed by atoms with van der Waals surface area (Å²) in [7, 11) is -3.58. The number of hydrogen-bond donors (Lipinski definition) is 1. The fraction of sp³-hybridized carbons (Fsp3) is 0. The van der Waals surface area contributed by atoms with Crippen molar-refractivity contribution in [3.8, 4) is 0 Å². The third-order valence-corrected chi connectivity index (χ3v) is 3.97. The van der Waals surface area contributed by atoms with Crippen LogP contribution >= 0.6 is 0 Å². The minimum atomic E-state index is -3.58. The summed E-state index contributed by atoms with van der Waals surface area (Å²) < 4.78 is 26.6. The highest BCUT2D eigenvalue weighted by atomic mass is 32.2. The van der Waals surface area contributed by atoms with Crippen molar-refractivity contribution in [1.82, 2.24) is 9.97 Å². The smallest absolute Gasteiger partial charge is 0.262 e. The molecule has 0 atom stereocenters. The van der Waals surface area contributed by atoms with Gasteiger partial charge in [-0.05, 0) is 11.6 Å². The molecule has 1 aromatic heterocycles. The van der Waals surface area contributed by atoms with Crippen LogP contribution < -0.4 is 4.72 Å².